The Balaban J connectivity index is 2.05. The van der Waals surface area contributed by atoms with Gasteiger partial charge in [0.1, 0.15) is 0 Å². The number of aromatic hydroxyl groups is 1. The van der Waals surface area contributed by atoms with Crippen LogP contribution in [0.15, 0.2) is 33.9 Å². The van der Waals surface area contributed by atoms with Crippen molar-refractivity contribution < 1.29 is 9.90 Å². The molecule has 2 aromatic rings. The van der Waals surface area contributed by atoms with Crippen LogP contribution in [0.25, 0.3) is 0 Å². The molecule has 0 radical (unpaired) electrons. The predicted octanol–water partition coefficient (Wildman–Crippen LogP) is 0.902. The van der Waals surface area contributed by atoms with E-state index < -0.39 is 17.1 Å². The molecule has 1 aromatic carbocycles. The van der Waals surface area contributed by atoms with Gasteiger partial charge in [-0.25, -0.2) is 4.79 Å². The van der Waals surface area contributed by atoms with Crippen LogP contribution in [0.1, 0.15) is 24.5 Å². The van der Waals surface area contributed by atoms with Gasteiger partial charge in [0.2, 0.25) is 11.8 Å². The molecule has 0 saturated carbocycles. The Kier molecular flexibility index (Phi) is 4.77. The number of amides is 1. The fourth-order valence-corrected chi connectivity index (χ4v) is 2.01. The molecule has 0 bridgehead atoms. The Morgan fingerprint density at radius 1 is 1.14 bits per heavy atom. The van der Waals surface area contributed by atoms with Crippen LogP contribution in [-0.2, 0) is 17.6 Å². The fourth-order valence-electron chi connectivity index (χ4n) is 2.01. The zero-order chi connectivity index (χ0) is 16.1. The molecule has 22 heavy (non-hydrogen) atoms. The normalized spacial score (nSPS) is 10.4. The molecular formula is C15H17N3O4. The molecule has 4 N–H and O–H groups in total. The number of nitrogens with one attached hydrogen (secondary N) is 3. The van der Waals surface area contributed by atoms with E-state index in [2.05, 4.69) is 15.3 Å². The molecule has 0 saturated heterocycles. The van der Waals surface area contributed by atoms with Crippen molar-refractivity contribution in [2.45, 2.75) is 26.2 Å². The SMILES string of the molecule is CCC(=O)Nc1ccc(CCc2c(O)[nH]c(=O)[nH]c2=O)cc1. The fraction of sp³-hybridized carbons (Fsp3) is 0.267. The second kappa shape index (κ2) is 6.75. The Bertz CT molecular complexity index is 775. The Morgan fingerprint density at radius 2 is 1.82 bits per heavy atom. The molecule has 1 amide bonds. The lowest BCUT2D eigenvalue weighted by molar-refractivity contribution is -0.115. The van der Waals surface area contributed by atoms with Crippen LogP contribution in [0.2, 0.25) is 0 Å². The molecule has 1 aromatic heterocycles. The van der Waals surface area contributed by atoms with Crippen LogP contribution >= 0.6 is 0 Å². The summed E-state index contributed by atoms with van der Waals surface area (Å²) in [6.07, 6.45) is 1.22. The topological polar surface area (TPSA) is 115 Å². The molecule has 0 aliphatic carbocycles. The van der Waals surface area contributed by atoms with Crippen molar-refractivity contribution >= 4 is 11.6 Å². The third-order valence-electron chi connectivity index (χ3n) is 3.24. The summed E-state index contributed by atoms with van der Waals surface area (Å²) in [4.78, 5) is 38.1. The van der Waals surface area contributed by atoms with E-state index in [0.717, 1.165) is 5.56 Å². The summed E-state index contributed by atoms with van der Waals surface area (Å²) in [6.45, 7) is 1.78. The monoisotopic (exact) mass is 303 g/mol. The van der Waals surface area contributed by atoms with Gasteiger partial charge in [-0.05, 0) is 30.5 Å². The molecule has 7 nitrogen and oxygen atoms in total. The van der Waals surface area contributed by atoms with Crippen LogP contribution < -0.4 is 16.6 Å². The van der Waals surface area contributed by atoms with Crippen molar-refractivity contribution in [1.29, 1.82) is 0 Å². The van der Waals surface area contributed by atoms with E-state index in [1.807, 2.05) is 12.1 Å². The number of H-pyrrole nitrogens is 2. The van der Waals surface area contributed by atoms with Gasteiger partial charge in [0.05, 0.1) is 5.56 Å². The third-order valence-corrected chi connectivity index (χ3v) is 3.24. The predicted molar refractivity (Wildman–Crippen MR) is 82.1 cm³/mol. The second-order valence-corrected chi connectivity index (χ2v) is 4.83. The Hall–Kier alpha value is -2.83. The molecule has 116 valence electrons. The number of carbonyl (C=O) groups excluding carboxylic acids is 1. The minimum absolute atomic E-state index is 0.0579. The maximum absolute atomic E-state index is 11.6. The molecule has 0 fully saturated rings. The minimum atomic E-state index is -0.734. The average molecular weight is 303 g/mol. The lowest BCUT2D eigenvalue weighted by atomic mass is 10.1. The van der Waals surface area contributed by atoms with E-state index in [4.69, 9.17) is 0 Å². The van der Waals surface area contributed by atoms with Crippen LogP contribution in [0.4, 0.5) is 5.69 Å². The van der Waals surface area contributed by atoms with E-state index >= 15 is 0 Å². The molecule has 0 aliphatic rings. The number of aromatic amines is 2. The summed E-state index contributed by atoms with van der Waals surface area (Å²) < 4.78 is 0. The number of aryl methyl sites for hydroxylation is 1. The average Bonchev–Trinajstić information content (AvgIpc) is 2.47. The highest BCUT2D eigenvalue weighted by molar-refractivity contribution is 5.90. The summed E-state index contributed by atoms with van der Waals surface area (Å²) >= 11 is 0. The van der Waals surface area contributed by atoms with Crippen LogP contribution in [0, 0.1) is 0 Å². The third kappa shape index (κ3) is 3.85. The first kappa shape index (κ1) is 15.6. The summed E-state index contributed by atoms with van der Waals surface area (Å²) in [5.41, 5.74) is 0.471. The number of hydrogen-bond donors (Lipinski definition) is 4. The van der Waals surface area contributed by atoms with Gasteiger partial charge in [0.15, 0.2) is 0 Å². The van der Waals surface area contributed by atoms with Crippen molar-refractivity contribution in [1.82, 2.24) is 9.97 Å². The molecular weight excluding hydrogens is 286 g/mol. The highest BCUT2D eigenvalue weighted by atomic mass is 16.3. The molecule has 0 atom stereocenters. The van der Waals surface area contributed by atoms with E-state index in [9.17, 15) is 19.5 Å². The van der Waals surface area contributed by atoms with E-state index in [-0.39, 0.29) is 11.5 Å². The van der Waals surface area contributed by atoms with Gasteiger partial charge in [-0.2, -0.15) is 0 Å². The Labute approximate surface area is 126 Å². The smallest absolute Gasteiger partial charge is 0.328 e. The van der Waals surface area contributed by atoms with Crippen LogP contribution in [-0.4, -0.2) is 21.0 Å². The van der Waals surface area contributed by atoms with Gasteiger partial charge in [0, 0.05) is 12.1 Å². The summed E-state index contributed by atoms with van der Waals surface area (Å²) in [5.74, 6) is -0.460. The molecule has 2 rings (SSSR count). The molecule has 1 heterocycles. The first-order chi connectivity index (χ1) is 10.5. The first-order valence-electron chi connectivity index (χ1n) is 6.93. The van der Waals surface area contributed by atoms with Gasteiger partial charge >= 0.3 is 5.69 Å². The first-order valence-corrected chi connectivity index (χ1v) is 6.93. The maximum Gasteiger partial charge on any atom is 0.328 e. The maximum atomic E-state index is 11.6. The largest absolute Gasteiger partial charge is 0.494 e. The highest BCUT2D eigenvalue weighted by Gasteiger charge is 2.08. The van der Waals surface area contributed by atoms with E-state index in [1.54, 1.807) is 19.1 Å². The van der Waals surface area contributed by atoms with Gasteiger partial charge < -0.3 is 10.4 Å². The minimum Gasteiger partial charge on any atom is -0.494 e. The van der Waals surface area contributed by atoms with Crippen molar-refractivity contribution in [3.63, 3.8) is 0 Å². The van der Waals surface area contributed by atoms with Crippen molar-refractivity contribution in [2.75, 3.05) is 5.32 Å². The van der Waals surface area contributed by atoms with Crippen LogP contribution in [0.3, 0.4) is 0 Å². The number of hydrogen-bond acceptors (Lipinski definition) is 4. The van der Waals surface area contributed by atoms with Gasteiger partial charge in [0.25, 0.3) is 5.56 Å². The lowest BCUT2D eigenvalue weighted by Gasteiger charge is -2.06. The number of aromatic nitrogens is 2. The van der Waals surface area contributed by atoms with Crippen molar-refractivity contribution in [2.24, 2.45) is 0 Å². The summed E-state index contributed by atoms with van der Waals surface area (Å²) in [5, 5.41) is 12.3. The number of benzene rings is 1. The standard InChI is InChI=1S/C15H17N3O4/c1-2-12(19)16-10-6-3-9(4-7-10)5-8-11-13(20)17-15(22)18-14(11)21/h3-4,6-7H,2,5,8H2,1H3,(H,16,19)(H3,17,18,20,21,22). The van der Waals surface area contributed by atoms with E-state index in [1.165, 1.54) is 0 Å². The van der Waals surface area contributed by atoms with Crippen LogP contribution in [0.5, 0.6) is 5.88 Å². The van der Waals surface area contributed by atoms with Crippen molar-refractivity contribution in [3.05, 3.63) is 56.2 Å². The van der Waals surface area contributed by atoms with Gasteiger partial charge in [-0.1, -0.05) is 19.1 Å². The Morgan fingerprint density at radius 3 is 2.41 bits per heavy atom. The second-order valence-electron chi connectivity index (χ2n) is 4.83. The number of carbonyl (C=O) groups is 1. The van der Waals surface area contributed by atoms with Crippen molar-refractivity contribution in [3.8, 4) is 5.88 Å². The van der Waals surface area contributed by atoms with Gasteiger partial charge in [-0.15, -0.1) is 0 Å². The lowest BCUT2D eigenvalue weighted by Crippen LogP contribution is -2.25. The number of anilines is 1. The molecule has 0 aliphatic heterocycles. The zero-order valence-electron chi connectivity index (χ0n) is 12.1. The quantitative estimate of drug-likeness (QED) is 0.657. The number of rotatable bonds is 5. The molecule has 7 heteroatoms. The summed E-state index contributed by atoms with van der Waals surface area (Å²) in [7, 11) is 0. The molecule has 0 spiro atoms. The van der Waals surface area contributed by atoms with Gasteiger partial charge in [-0.3, -0.25) is 19.6 Å². The molecule has 0 unspecified atom stereocenters. The summed E-state index contributed by atoms with van der Waals surface area (Å²) in [6, 6.07) is 7.23. The zero-order valence-corrected chi connectivity index (χ0v) is 12.1. The van der Waals surface area contributed by atoms with E-state index in [0.29, 0.717) is 24.9 Å². The highest BCUT2D eigenvalue weighted by Crippen LogP contribution is 2.13.